The van der Waals surface area contributed by atoms with Gasteiger partial charge in [0.25, 0.3) is 0 Å². The van der Waals surface area contributed by atoms with Gasteiger partial charge in [0.15, 0.2) is 0 Å². The number of amides is 1. The molecule has 0 radical (unpaired) electrons. The monoisotopic (exact) mass is 381 g/mol. The Kier molecular flexibility index (Phi) is 9.35. The first-order chi connectivity index (χ1) is 11.3. The van der Waals surface area contributed by atoms with Crippen LogP contribution in [0.15, 0.2) is 60.7 Å². The van der Waals surface area contributed by atoms with Crippen LogP contribution < -0.4 is 10.6 Å². The molecular formula is C19H25Cl2N3O. The van der Waals surface area contributed by atoms with E-state index in [0.29, 0.717) is 6.54 Å². The number of rotatable bonds is 6. The molecule has 0 saturated carbocycles. The van der Waals surface area contributed by atoms with Gasteiger partial charge in [-0.15, -0.1) is 24.8 Å². The van der Waals surface area contributed by atoms with Crippen molar-refractivity contribution in [2.45, 2.75) is 19.0 Å². The predicted octanol–water partition coefficient (Wildman–Crippen LogP) is 3.33. The molecule has 1 fully saturated rings. The van der Waals surface area contributed by atoms with E-state index in [-0.39, 0.29) is 36.8 Å². The number of nitrogens with one attached hydrogen (secondary N) is 2. The van der Waals surface area contributed by atoms with Gasteiger partial charge in [0.1, 0.15) is 0 Å². The van der Waals surface area contributed by atoms with Gasteiger partial charge in [-0.25, -0.2) is 0 Å². The van der Waals surface area contributed by atoms with Crippen molar-refractivity contribution < 1.29 is 4.79 Å². The number of anilines is 1. The van der Waals surface area contributed by atoms with E-state index >= 15 is 0 Å². The Bertz CT molecular complexity index is 625. The Labute approximate surface area is 161 Å². The molecule has 4 nitrogen and oxygen atoms in total. The third-order valence-corrected chi connectivity index (χ3v) is 4.11. The summed E-state index contributed by atoms with van der Waals surface area (Å²) in [4.78, 5) is 14.4. The SMILES string of the molecule is Cl.Cl.O=C(CNc1ccccc1)NC1CCN(Cc2ccccc2)C1. The summed E-state index contributed by atoms with van der Waals surface area (Å²) in [6.07, 6.45) is 1.02. The maximum absolute atomic E-state index is 12.0. The van der Waals surface area contributed by atoms with Gasteiger partial charge in [0.2, 0.25) is 5.91 Å². The van der Waals surface area contributed by atoms with Crippen LogP contribution >= 0.6 is 24.8 Å². The zero-order valence-electron chi connectivity index (χ0n) is 14.1. The second-order valence-electron chi connectivity index (χ2n) is 5.99. The lowest BCUT2D eigenvalue weighted by molar-refractivity contribution is -0.120. The highest BCUT2D eigenvalue weighted by Crippen LogP contribution is 2.13. The van der Waals surface area contributed by atoms with Gasteiger partial charge in [0, 0.05) is 31.4 Å². The first kappa shape index (κ1) is 21.3. The summed E-state index contributed by atoms with van der Waals surface area (Å²) in [7, 11) is 0. The highest BCUT2D eigenvalue weighted by Gasteiger charge is 2.23. The number of hydrogen-bond donors (Lipinski definition) is 2. The Hall–Kier alpha value is -1.75. The van der Waals surface area contributed by atoms with Crippen molar-refractivity contribution in [3.05, 3.63) is 66.2 Å². The summed E-state index contributed by atoms with van der Waals surface area (Å²) >= 11 is 0. The molecule has 136 valence electrons. The smallest absolute Gasteiger partial charge is 0.239 e. The van der Waals surface area contributed by atoms with E-state index in [1.54, 1.807) is 0 Å². The van der Waals surface area contributed by atoms with Gasteiger partial charge in [-0.3, -0.25) is 9.69 Å². The largest absolute Gasteiger partial charge is 0.376 e. The third-order valence-electron chi connectivity index (χ3n) is 4.11. The first-order valence-corrected chi connectivity index (χ1v) is 8.14. The minimum absolute atomic E-state index is 0. The van der Waals surface area contributed by atoms with E-state index in [4.69, 9.17) is 0 Å². The van der Waals surface area contributed by atoms with Crippen molar-refractivity contribution >= 4 is 36.4 Å². The molecule has 1 amide bonds. The number of hydrogen-bond acceptors (Lipinski definition) is 3. The van der Waals surface area contributed by atoms with Crippen molar-refractivity contribution in [1.82, 2.24) is 10.2 Å². The number of nitrogens with zero attached hydrogens (tertiary/aromatic N) is 1. The molecule has 1 saturated heterocycles. The Balaban J connectivity index is 0.00000156. The molecule has 0 aliphatic carbocycles. The fourth-order valence-electron chi connectivity index (χ4n) is 2.95. The molecule has 1 atom stereocenters. The van der Waals surface area contributed by atoms with E-state index in [2.05, 4.69) is 39.8 Å². The molecule has 0 spiro atoms. The van der Waals surface area contributed by atoms with Crippen LogP contribution in [0.2, 0.25) is 0 Å². The normalized spacial score (nSPS) is 16.4. The van der Waals surface area contributed by atoms with Crippen LogP contribution in [-0.2, 0) is 11.3 Å². The highest BCUT2D eigenvalue weighted by atomic mass is 35.5. The van der Waals surface area contributed by atoms with Gasteiger partial charge in [-0.2, -0.15) is 0 Å². The third kappa shape index (κ3) is 6.94. The van der Waals surface area contributed by atoms with Gasteiger partial charge < -0.3 is 10.6 Å². The Morgan fingerprint density at radius 1 is 1.00 bits per heavy atom. The van der Waals surface area contributed by atoms with Crippen LogP contribution in [-0.4, -0.2) is 36.5 Å². The van der Waals surface area contributed by atoms with Crippen molar-refractivity contribution in [2.75, 3.05) is 25.0 Å². The second-order valence-corrected chi connectivity index (χ2v) is 5.99. The van der Waals surface area contributed by atoms with E-state index in [1.807, 2.05) is 36.4 Å². The standard InChI is InChI=1S/C19H23N3O.2ClH/c23-19(13-20-17-9-5-2-6-10-17)21-18-11-12-22(15-18)14-16-7-3-1-4-8-16;;/h1-10,18,20H,11-15H2,(H,21,23);2*1H. The molecule has 0 bridgehead atoms. The maximum atomic E-state index is 12.0. The average molecular weight is 382 g/mol. The predicted molar refractivity (Wildman–Crippen MR) is 108 cm³/mol. The summed E-state index contributed by atoms with van der Waals surface area (Å²) in [6.45, 7) is 3.23. The van der Waals surface area contributed by atoms with Crippen molar-refractivity contribution in [3.63, 3.8) is 0 Å². The highest BCUT2D eigenvalue weighted by molar-refractivity contribution is 5.85. The average Bonchev–Trinajstić information content (AvgIpc) is 3.02. The van der Waals surface area contributed by atoms with Gasteiger partial charge >= 0.3 is 0 Å². The van der Waals surface area contributed by atoms with Crippen LogP contribution in [0.1, 0.15) is 12.0 Å². The zero-order chi connectivity index (χ0) is 15.9. The molecule has 1 aliphatic heterocycles. The van der Waals surface area contributed by atoms with Crippen LogP contribution in [0.4, 0.5) is 5.69 Å². The Morgan fingerprint density at radius 3 is 2.32 bits per heavy atom. The fourth-order valence-corrected chi connectivity index (χ4v) is 2.95. The topological polar surface area (TPSA) is 44.4 Å². The number of benzene rings is 2. The number of carbonyl (C=O) groups is 1. The lowest BCUT2D eigenvalue weighted by Gasteiger charge is -2.17. The molecule has 1 unspecified atom stereocenters. The van der Waals surface area contributed by atoms with E-state index in [9.17, 15) is 4.79 Å². The summed E-state index contributed by atoms with van der Waals surface area (Å²) in [5, 5.41) is 6.27. The molecule has 3 rings (SSSR count). The van der Waals surface area contributed by atoms with E-state index < -0.39 is 0 Å². The van der Waals surface area contributed by atoms with Crippen LogP contribution in [0.5, 0.6) is 0 Å². The van der Waals surface area contributed by atoms with Crippen molar-refractivity contribution in [3.8, 4) is 0 Å². The number of carbonyl (C=O) groups excluding carboxylic acids is 1. The molecular weight excluding hydrogens is 357 g/mol. The van der Waals surface area contributed by atoms with E-state index in [0.717, 1.165) is 31.7 Å². The molecule has 25 heavy (non-hydrogen) atoms. The second kappa shape index (κ2) is 11.0. The Morgan fingerprint density at radius 2 is 1.64 bits per heavy atom. The summed E-state index contributed by atoms with van der Waals surface area (Å²) in [6, 6.07) is 20.5. The van der Waals surface area contributed by atoms with Crippen molar-refractivity contribution in [1.29, 1.82) is 0 Å². The minimum atomic E-state index is 0. The summed E-state index contributed by atoms with van der Waals surface area (Å²) < 4.78 is 0. The number of likely N-dealkylation sites (tertiary alicyclic amines) is 1. The van der Waals surface area contributed by atoms with E-state index in [1.165, 1.54) is 5.56 Å². The molecule has 6 heteroatoms. The van der Waals surface area contributed by atoms with Gasteiger partial charge in [-0.1, -0.05) is 48.5 Å². The molecule has 0 aromatic heterocycles. The molecule has 2 aromatic carbocycles. The van der Waals surface area contributed by atoms with Gasteiger partial charge in [0.05, 0.1) is 6.54 Å². The minimum Gasteiger partial charge on any atom is -0.376 e. The lowest BCUT2D eigenvalue weighted by atomic mass is 10.2. The van der Waals surface area contributed by atoms with Crippen molar-refractivity contribution in [2.24, 2.45) is 0 Å². The van der Waals surface area contributed by atoms with Gasteiger partial charge in [-0.05, 0) is 24.1 Å². The molecule has 1 heterocycles. The fraction of sp³-hybridized carbons (Fsp3) is 0.316. The van der Waals surface area contributed by atoms with Crippen LogP contribution in [0, 0.1) is 0 Å². The number of para-hydroxylation sites is 1. The summed E-state index contributed by atoms with van der Waals surface area (Å²) in [5.41, 5.74) is 2.30. The molecule has 2 aromatic rings. The number of halogens is 2. The molecule has 1 aliphatic rings. The van der Waals surface area contributed by atoms with Crippen LogP contribution in [0.25, 0.3) is 0 Å². The van der Waals surface area contributed by atoms with Crippen LogP contribution in [0.3, 0.4) is 0 Å². The molecule has 2 N–H and O–H groups in total. The lowest BCUT2D eigenvalue weighted by Crippen LogP contribution is -2.40. The maximum Gasteiger partial charge on any atom is 0.239 e. The summed E-state index contributed by atoms with van der Waals surface area (Å²) in [5.74, 6) is 0.0559. The zero-order valence-corrected chi connectivity index (χ0v) is 15.7. The first-order valence-electron chi connectivity index (χ1n) is 8.14. The quantitative estimate of drug-likeness (QED) is 0.806.